The van der Waals surface area contributed by atoms with Gasteiger partial charge in [-0.05, 0) is 38.8 Å². The summed E-state index contributed by atoms with van der Waals surface area (Å²) in [7, 11) is 0. The van der Waals surface area contributed by atoms with Crippen LogP contribution in [0.2, 0.25) is 0 Å². The first-order valence-corrected chi connectivity index (χ1v) is 6.84. The molecule has 6 heteroatoms. The lowest BCUT2D eigenvalue weighted by atomic mass is 10.1. The number of carboxylic acids is 1. The Morgan fingerprint density at radius 3 is 2.33 bits per heavy atom. The van der Waals surface area contributed by atoms with Crippen LogP contribution in [0.5, 0.6) is 11.8 Å². The molecule has 0 saturated heterocycles. The highest BCUT2D eigenvalue weighted by Crippen LogP contribution is 2.29. The number of ether oxygens (including phenoxy) is 1. The molecule has 0 fully saturated rings. The normalized spacial score (nSPS) is 10.5. The number of benzene rings is 2. The highest BCUT2D eigenvalue weighted by molar-refractivity contribution is 9.10. The molecule has 0 saturated carbocycles. The van der Waals surface area contributed by atoms with E-state index in [-0.39, 0.29) is 17.3 Å². The van der Waals surface area contributed by atoms with Crippen molar-refractivity contribution in [3.8, 4) is 11.8 Å². The van der Waals surface area contributed by atoms with Crippen molar-refractivity contribution in [1.82, 2.24) is 9.97 Å². The number of aromatic carboxylic acids is 1. The number of aromatic nitrogens is 2. The van der Waals surface area contributed by atoms with E-state index in [0.717, 1.165) is 10.8 Å². The van der Waals surface area contributed by atoms with Gasteiger partial charge in [-0.2, -0.15) is 0 Å². The van der Waals surface area contributed by atoms with Gasteiger partial charge in [0, 0.05) is 12.4 Å². The minimum absolute atomic E-state index is 0.0696. The summed E-state index contributed by atoms with van der Waals surface area (Å²) in [6, 6.07) is 10.8. The van der Waals surface area contributed by atoms with Crippen molar-refractivity contribution in [2.45, 2.75) is 0 Å². The summed E-state index contributed by atoms with van der Waals surface area (Å²) in [5.74, 6) is -0.851. The lowest BCUT2D eigenvalue weighted by molar-refractivity contribution is 0.0694. The van der Waals surface area contributed by atoms with E-state index >= 15 is 0 Å². The number of fused-ring (bicyclic) bond motifs is 1. The van der Waals surface area contributed by atoms with Gasteiger partial charge in [-0.15, -0.1) is 0 Å². The van der Waals surface area contributed by atoms with Crippen LogP contribution in [0.4, 0.5) is 0 Å². The van der Waals surface area contributed by atoms with Gasteiger partial charge >= 0.3 is 12.0 Å². The van der Waals surface area contributed by atoms with Crippen LogP contribution >= 0.6 is 15.9 Å². The number of hydrogen-bond acceptors (Lipinski definition) is 4. The van der Waals surface area contributed by atoms with E-state index in [0.29, 0.717) is 4.47 Å². The number of rotatable bonds is 3. The molecule has 0 aliphatic rings. The second kappa shape index (κ2) is 5.49. The van der Waals surface area contributed by atoms with Crippen molar-refractivity contribution in [2.24, 2.45) is 0 Å². The summed E-state index contributed by atoms with van der Waals surface area (Å²) in [6.45, 7) is 0. The van der Waals surface area contributed by atoms with Crippen LogP contribution in [0.1, 0.15) is 10.4 Å². The molecule has 2 aromatic carbocycles. The molecule has 5 nitrogen and oxygen atoms in total. The minimum atomic E-state index is -1.06. The van der Waals surface area contributed by atoms with Crippen LogP contribution < -0.4 is 4.74 Å². The van der Waals surface area contributed by atoms with Crippen LogP contribution in [0.3, 0.4) is 0 Å². The molecule has 0 bridgehead atoms. The maximum atomic E-state index is 11.4. The van der Waals surface area contributed by atoms with Crippen molar-refractivity contribution in [1.29, 1.82) is 0 Å². The van der Waals surface area contributed by atoms with Crippen LogP contribution in [-0.2, 0) is 0 Å². The number of hydrogen-bond donors (Lipinski definition) is 1. The Morgan fingerprint density at radius 2 is 1.71 bits per heavy atom. The van der Waals surface area contributed by atoms with E-state index in [4.69, 9.17) is 4.74 Å². The molecule has 0 amide bonds. The largest absolute Gasteiger partial charge is 0.478 e. The van der Waals surface area contributed by atoms with Crippen molar-refractivity contribution >= 4 is 32.7 Å². The monoisotopic (exact) mass is 344 g/mol. The quantitative estimate of drug-likeness (QED) is 0.780. The molecule has 1 heterocycles. The molecule has 1 N–H and O–H groups in total. The maximum Gasteiger partial charge on any atom is 0.339 e. The Labute approximate surface area is 128 Å². The first-order chi connectivity index (χ1) is 10.1. The van der Waals surface area contributed by atoms with Gasteiger partial charge in [-0.3, -0.25) is 0 Å². The summed E-state index contributed by atoms with van der Waals surface area (Å²) < 4.78 is 6.22. The smallest absolute Gasteiger partial charge is 0.339 e. The van der Waals surface area contributed by atoms with E-state index in [1.165, 1.54) is 12.4 Å². The average Bonchev–Trinajstić information content (AvgIpc) is 2.48. The van der Waals surface area contributed by atoms with E-state index in [1.54, 1.807) is 12.1 Å². The fourth-order valence-electron chi connectivity index (χ4n) is 1.92. The summed E-state index contributed by atoms with van der Waals surface area (Å²) in [4.78, 5) is 19.3. The lowest BCUT2D eigenvalue weighted by Gasteiger charge is -2.09. The summed E-state index contributed by atoms with van der Waals surface area (Å²) in [5.41, 5.74) is 0.0696. The van der Waals surface area contributed by atoms with Gasteiger partial charge in [-0.25, -0.2) is 14.8 Å². The Hall–Kier alpha value is -2.47. The Balaban J connectivity index is 2.09. The Bertz CT molecular complexity index is 819. The molecule has 3 rings (SSSR count). The average molecular weight is 345 g/mol. The fourth-order valence-corrected chi connectivity index (χ4v) is 2.13. The van der Waals surface area contributed by atoms with Gasteiger partial charge in [-0.1, -0.05) is 24.3 Å². The van der Waals surface area contributed by atoms with Crippen molar-refractivity contribution in [3.63, 3.8) is 0 Å². The van der Waals surface area contributed by atoms with E-state index in [1.807, 2.05) is 24.3 Å². The van der Waals surface area contributed by atoms with Gasteiger partial charge in [0.05, 0.1) is 4.47 Å². The highest BCUT2D eigenvalue weighted by atomic mass is 79.9. The SMILES string of the molecule is O=C(O)c1cc2ccccc2cc1Oc1ncc(Br)cn1. The van der Waals surface area contributed by atoms with E-state index in [9.17, 15) is 9.90 Å². The van der Waals surface area contributed by atoms with E-state index < -0.39 is 5.97 Å². The summed E-state index contributed by atoms with van der Waals surface area (Å²) in [6.07, 6.45) is 3.06. The number of halogens is 1. The molecule has 0 atom stereocenters. The molecule has 0 unspecified atom stereocenters. The van der Waals surface area contributed by atoms with Crippen LogP contribution in [-0.4, -0.2) is 21.0 Å². The molecular weight excluding hydrogens is 336 g/mol. The molecule has 3 aromatic rings. The third-order valence-electron chi connectivity index (χ3n) is 2.88. The predicted octanol–water partition coefficient (Wildman–Crippen LogP) is 3.88. The number of carboxylic acid groups (broad SMARTS) is 1. The van der Waals surface area contributed by atoms with Crippen LogP contribution in [0.15, 0.2) is 53.3 Å². The number of carbonyl (C=O) groups is 1. The van der Waals surface area contributed by atoms with E-state index in [2.05, 4.69) is 25.9 Å². The zero-order chi connectivity index (χ0) is 14.8. The standard InChI is InChI=1S/C15H9BrN2O3/c16-11-7-17-15(18-8-11)21-13-6-10-4-2-1-3-9(10)5-12(13)14(19)20/h1-8H,(H,19,20). The third kappa shape index (κ3) is 2.85. The summed E-state index contributed by atoms with van der Waals surface area (Å²) >= 11 is 3.23. The molecular formula is C15H9BrN2O3. The second-order valence-electron chi connectivity index (χ2n) is 4.29. The molecule has 104 valence electrons. The topological polar surface area (TPSA) is 72.3 Å². The number of nitrogens with zero attached hydrogens (tertiary/aromatic N) is 2. The third-order valence-corrected chi connectivity index (χ3v) is 3.29. The molecule has 0 aliphatic heterocycles. The van der Waals surface area contributed by atoms with Crippen molar-refractivity contribution in [2.75, 3.05) is 0 Å². The predicted molar refractivity (Wildman–Crippen MR) is 80.7 cm³/mol. The minimum Gasteiger partial charge on any atom is -0.478 e. The van der Waals surface area contributed by atoms with Gasteiger partial charge in [0.15, 0.2) is 0 Å². The highest BCUT2D eigenvalue weighted by Gasteiger charge is 2.14. The zero-order valence-corrected chi connectivity index (χ0v) is 12.2. The molecule has 1 aromatic heterocycles. The summed E-state index contributed by atoms with van der Waals surface area (Å²) in [5, 5.41) is 11.0. The fraction of sp³-hybridized carbons (Fsp3) is 0. The second-order valence-corrected chi connectivity index (χ2v) is 5.20. The lowest BCUT2D eigenvalue weighted by Crippen LogP contribution is -2.01. The Morgan fingerprint density at radius 1 is 1.10 bits per heavy atom. The van der Waals surface area contributed by atoms with Crippen LogP contribution in [0, 0.1) is 0 Å². The van der Waals surface area contributed by atoms with Gasteiger partial charge in [0.1, 0.15) is 11.3 Å². The molecule has 0 spiro atoms. The van der Waals surface area contributed by atoms with Gasteiger partial charge < -0.3 is 9.84 Å². The first-order valence-electron chi connectivity index (χ1n) is 6.05. The maximum absolute atomic E-state index is 11.4. The van der Waals surface area contributed by atoms with Gasteiger partial charge in [0.25, 0.3) is 0 Å². The first kappa shape index (κ1) is 13.5. The molecule has 21 heavy (non-hydrogen) atoms. The zero-order valence-electron chi connectivity index (χ0n) is 10.7. The van der Waals surface area contributed by atoms with Crippen molar-refractivity contribution < 1.29 is 14.6 Å². The Kier molecular flexibility index (Phi) is 3.53. The van der Waals surface area contributed by atoms with Crippen LogP contribution in [0.25, 0.3) is 10.8 Å². The van der Waals surface area contributed by atoms with Gasteiger partial charge in [0.2, 0.25) is 0 Å². The van der Waals surface area contributed by atoms with Crippen molar-refractivity contribution in [3.05, 3.63) is 58.8 Å². The molecule has 0 radical (unpaired) electrons. The molecule has 0 aliphatic carbocycles.